The quantitative estimate of drug-likeness (QED) is 0.758. The first-order chi connectivity index (χ1) is 6.10. The van der Waals surface area contributed by atoms with Gasteiger partial charge in [-0.2, -0.15) is 11.8 Å². The molecule has 0 aromatic carbocycles. The third kappa shape index (κ3) is 2.38. The summed E-state index contributed by atoms with van der Waals surface area (Å²) >= 11 is 1.66. The lowest BCUT2D eigenvalue weighted by atomic mass is 10.0. The van der Waals surface area contributed by atoms with Gasteiger partial charge < -0.3 is 9.84 Å². The molecule has 13 heavy (non-hydrogen) atoms. The van der Waals surface area contributed by atoms with Crippen LogP contribution >= 0.6 is 11.8 Å². The van der Waals surface area contributed by atoms with Gasteiger partial charge in [0.05, 0.1) is 6.10 Å². The number of ether oxygens (including phenoxy) is 1. The third-order valence-electron chi connectivity index (χ3n) is 2.38. The van der Waals surface area contributed by atoms with Crippen molar-refractivity contribution in [3.63, 3.8) is 0 Å². The highest BCUT2D eigenvalue weighted by molar-refractivity contribution is 7.99. The van der Waals surface area contributed by atoms with E-state index in [9.17, 15) is 4.79 Å². The van der Waals surface area contributed by atoms with E-state index in [1.807, 2.05) is 13.8 Å². The van der Waals surface area contributed by atoms with Crippen LogP contribution in [0.25, 0.3) is 0 Å². The summed E-state index contributed by atoms with van der Waals surface area (Å²) < 4.78 is 5.59. The Morgan fingerprint density at radius 3 is 2.85 bits per heavy atom. The van der Waals surface area contributed by atoms with Gasteiger partial charge >= 0.3 is 5.97 Å². The Hall–Kier alpha value is -0.220. The zero-order chi connectivity index (χ0) is 9.90. The number of carbonyl (C=O) groups is 1. The summed E-state index contributed by atoms with van der Waals surface area (Å²) in [5.74, 6) is 0.674. The Morgan fingerprint density at radius 1 is 1.77 bits per heavy atom. The number of thioether (sulfide) groups is 1. The number of carboxylic acids is 1. The largest absolute Gasteiger partial charge is 0.479 e. The van der Waals surface area contributed by atoms with Gasteiger partial charge in [0.25, 0.3) is 0 Å². The van der Waals surface area contributed by atoms with Crippen LogP contribution in [0.1, 0.15) is 26.7 Å². The molecule has 2 atom stereocenters. The van der Waals surface area contributed by atoms with Gasteiger partial charge in [-0.1, -0.05) is 6.92 Å². The van der Waals surface area contributed by atoms with E-state index in [4.69, 9.17) is 9.84 Å². The topological polar surface area (TPSA) is 46.5 Å². The lowest BCUT2D eigenvalue weighted by Crippen LogP contribution is -2.43. The monoisotopic (exact) mass is 204 g/mol. The van der Waals surface area contributed by atoms with Crippen molar-refractivity contribution in [1.82, 2.24) is 0 Å². The molecular weight excluding hydrogens is 188 g/mol. The lowest BCUT2D eigenvalue weighted by Gasteiger charge is -2.27. The van der Waals surface area contributed by atoms with Crippen molar-refractivity contribution in [1.29, 1.82) is 0 Å². The fraction of sp³-hybridized carbons (Fsp3) is 0.889. The van der Waals surface area contributed by atoms with Gasteiger partial charge in [-0.15, -0.1) is 0 Å². The fourth-order valence-corrected chi connectivity index (χ4v) is 2.61. The zero-order valence-corrected chi connectivity index (χ0v) is 8.89. The average molecular weight is 204 g/mol. The van der Waals surface area contributed by atoms with Crippen molar-refractivity contribution in [2.45, 2.75) is 38.4 Å². The summed E-state index contributed by atoms with van der Waals surface area (Å²) in [6.45, 7) is 3.93. The molecule has 0 aliphatic carbocycles. The average Bonchev–Trinajstić information content (AvgIpc) is 2.54. The first-order valence-corrected chi connectivity index (χ1v) is 5.75. The van der Waals surface area contributed by atoms with Crippen molar-refractivity contribution in [3.05, 3.63) is 0 Å². The molecule has 0 radical (unpaired) electrons. The zero-order valence-electron chi connectivity index (χ0n) is 8.08. The first-order valence-electron chi connectivity index (χ1n) is 4.59. The van der Waals surface area contributed by atoms with Gasteiger partial charge in [0.2, 0.25) is 0 Å². The van der Waals surface area contributed by atoms with Crippen LogP contribution in [0.4, 0.5) is 0 Å². The highest BCUT2D eigenvalue weighted by Crippen LogP contribution is 2.33. The molecule has 0 aromatic rings. The van der Waals surface area contributed by atoms with Crippen LogP contribution in [-0.2, 0) is 9.53 Å². The highest BCUT2D eigenvalue weighted by atomic mass is 32.2. The Bertz CT molecular complexity index is 187. The van der Waals surface area contributed by atoms with Gasteiger partial charge in [-0.3, -0.25) is 0 Å². The molecule has 2 unspecified atom stereocenters. The minimum Gasteiger partial charge on any atom is -0.479 e. The molecule has 76 valence electrons. The van der Waals surface area contributed by atoms with E-state index in [1.165, 1.54) is 0 Å². The van der Waals surface area contributed by atoms with Crippen LogP contribution in [0.15, 0.2) is 0 Å². The summed E-state index contributed by atoms with van der Waals surface area (Å²) in [4.78, 5) is 11.0. The SMILES string of the molecule is CCC(C)OC1(C(=O)O)CCSC1. The standard InChI is InChI=1S/C9H16O3S/c1-3-7(2)12-9(8(10)11)4-5-13-6-9/h7H,3-6H2,1-2H3,(H,10,11). The maximum Gasteiger partial charge on any atom is 0.336 e. The van der Waals surface area contributed by atoms with Gasteiger partial charge in [0.15, 0.2) is 5.60 Å². The molecule has 0 bridgehead atoms. The van der Waals surface area contributed by atoms with Crippen LogP contribution in [-0.4, -0.2) is 34.3 Å². The lowest BCUT2D eigenvalue weighted by molar-refractivity contribution is -0.168. The molecule has 1 saturated heterocycles. The van der Waals surface area contributed by atoms with Crippen molar-refractivity contribution in [2.24, 2.45) is 0 Å². The Kier molecular flexibility index (Phi) is 3.62. The van der Waals surface area contributed by atoms with Crippen LogP contribution in [0.5, 0.6) is 0 Å². The van der Waals surface area contributed by atoms with Crippen molar-refractivity contribution >= 4 is 17.7 Å². The summed E-state index contributed by atoms with van der Waals surface area (Å²) in [5, 5.41) is 9.07. The number of carboxylic acid groups (broad SMARTS) is 1. The Morgan fingerprint density at radius 2 is 2.46 bits per heavy atom. The molecule has 1 aliphatic rings. The molecule has 0 spiro atoms. The molecular formula is C9H16O3S. The fourth-order valence-electron chi connectivity index (χ4n) is 1.33. The van der Waals surface area contributed by atoms with Gasteiger partial charge in [0, 0.05) is 5.75 Å². The van der Waals surface area contributed by atoms with E-state index >= 15 is 0 Å². The van der Waals surface area contributed by atoms with Crippen molar-refractivity contribution in [3.8, 4) is 0 Å². The molecule has 0 amide bonds. The van der Waals surface area contributed by atoms with E-state index in [1.54, 1.807) is 11.8 Å². The van der Waals surface area contributed by atoms with Gasteiger partial charge in [-0.05, 0) is 25.5 Å². The highest BCUT2D eigenvalue weighted by Gasteiger charge is 2.44. The summed E-state index contributed by atoms with van der Waals surface area (Å²) in [6.07, 6.45) is 1.53. The minimum atomic E-state index is -0.903. The third-order valence-corrected chi connectivity index (χ3v) is 3.54. The van der Waals surface area contributed by atoms with E-state index in [0.717, 1.165) is 12.2 Å². The van der Waals surface area contributed by atoms with Crippen molar-refractivity contribution < 1.29 is 14.6 Å². The van der Waals surface area contributed by atoms with E-state index in [-0.39, 0.29) is 6.10 Å². The van der Waals surface area contributed by atoms with Gasteiger partial charge in [0.1, 0.15) is 0 Å². The Balaban J connectivity index is 2.62. The van der Waals surface area contributed by atoms with Crippen LogP contribution in [0.3, 0.4) is 0 Å². The smallest absolute Gasteiger partial charge is 0.336 e. The first kappa shape index (κ1) is 10.9. The minimum absolute atomic E-state index is 0.0369. The number of rotatable bonds is 4. The van der Waals surface area contributed by atoms with Crippen LogP contribution in [0.2, 0.25) is 0 Å². The van der Waals surface area contributed by atoms with Gasteiger partial charge in [-0.25, -0.2) is 4.79 Å². The molecule has 0 saturated carbocycles. The number of hydrogen-bond donors (Lipinski definition) is 1. The molecule has 1 rings (SSSR count). The maximum absolute atomic E-state index is 11.0. The summed E-state index contributed by atoms with van der Waals surface area (Å²) in [5.41, 5.74) is -0.903. The predicted molar refractivity (Wildman–Crippen MR) is 53.1 cm³/mol. The van der Waals surface area contributed by atoms with E-state index < -0.39 is 11.6 Å². The van der Waals surface area contributed by atoms with E-state index in [2.05, 4.69) is 0 Å². The van der Waals surface area contributed by atoms with Crippen LogP contribution in [0, 0.1) is 0 Å². The predicted octanol–water partition coefficient (Wildman–Crippen LogP) is 1.76. The summed E-state index contributed by atoms with van der Waals surface area (Å²) in [6, 6.07) is 0. The second-order valence-electron chi connectivity index (χ2n) is 3.44. The molecule has 1 heterocycles. The Labute approximate surface area is 82.8 Å². The molecule has 0 aromatic heterocycles. The summed E-state index contributed by atoms with van der Waals surface area (Å²) in [7, 11) is 0. The molecule has 3 nitrogen and oxygen atoms in total. The molecule has 1 N–H and O–H groups in total. The maximum atomic E-state index is 11.0. The number of aliphatic carboxylic acids is 1. The second kappa shape index (κ2) is 4.33. The molecule has 1 aliphatic heterocycles. The second-order valence-corrected chi connectivity index (χ2v) is 4.54. The van der Waals surface area contributed by atoms with Crippen LogP contribution < -0.4 is 0 Å². The van der Waals surface area contributed by atoms with E-state index in [0.29, 0.717) is 12.2 Å². The molecule has 1 fully saturated rings. The molecule has 4 heteroatoms. The number of hydrogen-bond acceptors (Lipinski definition) is 3. The van der Waals surface area contributed by atoms with Crippen molar-refractivity contribution in [2.75, 3.05) is 11.5 Å². The normalized spacial score (nSPS) is 30.3.